The van der Waals surface area contributed by atoms with Gasteiger partial charge in [0.2, 0.25) is 5.91 Å². The molecular weight excluding hydrogens is 450 g/mol. The summed E-state index contributed by atoms with van der Waals surface area (Å²) < 4.78 is 0. The van der Waals surface area contributed by atoms with E-state index in [1.54, 1.807) is 24.5 Å². The van der Waals surface area contributed by atoms with Gasteiger partial charge in [-0.15, -0.1) is 0 Å². The number of anilines is 2. The largest absolute Gasteiger partial charge is 0.398 e. The molecule has 2 fully saturated rings. The molecule has 4 rings (SSSR count). The Morgan fingerprint density at radius 2 is 1.72 bits per heavy atom. The molecule has 1 aromatic heterocycles. The number of rotatable bonds is 6. The zero-order chi connectivity index (χ0) is 25.9. The van der Waals surface area contributed by atoms with E-state index >= 15 is 0 Å². The monoisotopic (exact) mass is 489 g/mol. The second-order valence-electron chi connectivity index (χ2n) is 11.5. The highest BCUT2D eigenvalue weighted by molar-refractivity contribution is 6.45. The smallest absolute Gasteiger partial charge is 0.270 e. The Morgan fingerprint density at radius 3 is 2.44 bits per heavy atom. The lowest BCUT2D eigenvalue weighted by atomic mass is 9.73. The maximum absolute atomic E-state index is 13.1. The summed E-state index contributed by atoms with van der Waals surface area (Å²) in [6.45, 7) is 6.89. The van der Waals surface area contributed by atoms with Gasteiger partial charge in [0.05, 0.1) is 11.9 Å². The molecule has 1 heterocycles. The maximum Gasteiger partial charge on any atom is 0.270 e. The van der Waals surface area contributed by atoms with Gasteiger partial charge in [-0.25, -0.2) is 0 Å². The third-order valence-corrected chi connectivity index (χ3v) is 7.62. The molecule has 0 aliphatic heterocycles. The van der Waals surface area contributed by atoms with Crippen LogP contribution in [-0.2, 0) is 9.59 Å². The maximum atomic E-state index is 13.1. The van der Waals surface area contributed by atoms with Crippen molar-refractivity contribution in [2.75, 3.05) is 11.1 Å². The van der Waals surface area contributed by atoms with Gasteiger partial charge in [0.15, 0.2) is 0 Å². The minimum Gasteiger partial charge on any atom is -0.398 e. The minimum absolute atomic E-state index is 0.0217. The molecular formula is C29H39N5O2. The van der Waals surface area contributed by atoms with Gasteiger partial charge in [0, 0.05) is 35.0 Å². The highest BCUT2D eigenvalue weighted by Gasteiger charge is 2.30. The number of nitrogens with two attached hydrogens (primary N) is 1. The van der Waals surface area contributed by atoms with Gasteiger partial charge in [-0.2, -0.15) is 0 Å². The van der Waals surface area contributed by atoms with E-state index in [4.69, 9.17) is 11.1 Å². The van der Waals surface area contributed by atoms with E-state index in [1.807, 2.05) is 12.1 Å². The van der Waals surface area contributed by atoms with E-state index in [2.05, 4.69) is 36.4 Å². The van der Waals surface area contributed by atoms with Crippen molar-refractivity contribution in [2.45, 2.75) is 78.2 Å². The predicted octanol–water partition coefficient (Wildman–Crippen LogP) is 5.55. The van der Waals surface area contributed by atoms with Gasteiger partial charge in [-0.1, -0.05) is 39.7 Å². The van der Waals surface area contributed by atoms with Crippen LogP contribution in [0.25, 0.3) is 11.1 Å². The number of benzene rings is 1. The summed E-state index contributed by atoms with van der Waals surface area (Å²) in [6.07, 6.45) is 11.6. The quantitative estimate of drug-likeness (QED) is 0.314. The number of hydrogen-bond donors (Lipinski definition) is 4. The Bertz CT molecular complexity index is 1130. The Labute approximate surface area is 214 Å². The van der Waals surface area contributed by atoms with Crippen LogP contribution in [0.5, 0.6) is 0 Å². The molecule has 5 N–H and O–H groups in total. The van der Waals surface area contributed by atoms with E-state index in [9.17, 15) is 9.59 Å². The lowest BCUT2D eigenvalue weighted by Crippen LogP contribution is -2.40. The molecule has 2 aliphatic rings. The standard InChI is InChI=1S/C29H39N5O2/c1-29(2,3)21-6-4-5-7-22(12-11-21)33-28(36)26(31)24-15-19(10-13-25(24)30)20-14-23(17-32-16-20)34-27(35)18-8-9-18/h10,13-18,21-22,31H,4-9,11-12,30H2,1-3H3,(H,33,36)(H,34,35). The van der Waals surface area contributed by atoms with Gasteiger partial charge in [0.1, 0.15) is 5.71 Å². The summed E-state index contributed by atoms with van der Waals surface area (Å²) in [6, 6.07) is 7.24. The average molecular weight is 490 g/mol. The van der Waals surface area contributed by atoms with Crippen LogP contribution in [0, 0.1) is 22.7 Å². The van der Waals surface area contributed by atoms with Crippen LogP contribution in [0.15, 0.2) is 36.7 Å². The lowest BCUT2D eigenvalue weighted by molar-refractivity contribution is -0.117. The molecule has 0 saturated heterocycles. The van der Waals surface area contributed by atoms with Gasteiger partial charge in [-0.05, 0) is 73.6 Å². The number of nitrogens with one attached hydrogen (secondary N) is 3. The second kappa shape index (κ2) is 10.8. The van der Waals surface area contributed by atoms with Crippen molar-refractivity contribution in [3.63, 3.8) is 0 Å². The number of nitrogen functional groups attached to an aromatic ring is 1. The van der Waals surface area contributed by atoms with Crippen molar-refractivity contribution in [3.05, 3.63) is 42.2 Å². The first kappa shape index (κ1) is 25.9. The van der Waals surface area contributed by atoms with Crippen molar-refractivity contribution in [3.8, 4) is 11.1 Å². The Kier molecular flexibility index (Phi) is 7.76. The third-order valence-electron chi connectivity index (χ3n) is 7.62. The van der Waals surface area contributed by atoms with Crippen molar-refractivity contribution >= 4 is 28.9 Å². The molecule has 1 aromatic carbocycles. The minimum atomic E-state index is -0.389. The number of amides is 2. The molecule has 2 amide bonds. The van der Waals surface area contributed by atoms with Crippen molar-refractivity contribution < 1.29 is 9.59 Å². The summed E-state index contributed by atoms with van der Waals surface area (Å²) in [5.74, 6) is 0.379. The van der Waals surface area contributed by atoms with Crippen LogP contribution in [0.1, 0.15) is 77.7 Å². The number of pyridine rings is 1. The Morgan fingerprint density at radius 1 is 0.972 bits per heavy atom. The fourth-order valence-corrected chi connectivity index (χ4v) is 5.07. The van der Waals surface area contributed by atoms with E-state index in [1.165, 1.54) is 12.8 Å². The molecule has 2 unspecified atom stereocenters. The summed E-state index contributed by atoms with van der Waals surface area (Å²) >= 11 is 0. The van der Waals surface area contributed by atoms with Gasteiger partial charge in [0.25, 0.3) is 5.91 Å². The normalized spacial score (nSPS) is 20.6. The van der Waals surface area contributed by atoms with Crippen molar-refractivity contribution in [1.82, 2.24) is 10.3 Å². The summed E-state index contributed by atoms with van der Waals surface area (Å²) in [7, 11) is 0. The first-order valence-corrected chi connectivity index (χ1v) is 13.2. The topological polar surface area (TPSA) is 121 Å². The van der Waals surface area contributed by atoms with E-state index in [0.29, 0.717) is 22.9 Å². The van der Waals surface area contributed by atoms with Crippen LogP contribution in [0.3, 0.4) is 0 Å². The number of hydrogen-bond acceptors (Lipinski definition) is 5. The van der Waals surface area contributed by atoms with E-state index in [-0.39, 0.29) is 34.9 Å². The first-order chi connectivity index (χ1) is 17.1. The fourth-order valence-electron chi connectivity index (χ4n) is 5.07. The van der Waals surface area contributed by atoms with Crippen LogP contribution >= 0.6 is 0 Å². The van der Waals surface area contributed by atoms with E-state index in [0.717, 1.165) is 49.7 Å². The number of nitrogens with zero attached hydrogens (tertiary/aromatic N) is 1. The molecule has 0 radical (unpaired) electrons. The molecule has 7 nitrogen and oxygen atoms in total. The molecule has 2 aromatic rings. The van der Waals surface area contributed by atoms with Crippen LogP contribution in [0.2, 0.25) is 0 Å². The molecule has 7 heteroatoms. The first-order valence-electron chi connectivity index (χ1n) is 13.2. The predicted molar refractivity (Wildman–Crippen MR) is 145 cm³/mol. The third kappa shape index (κ3) is 6.50. The SMILES string of the molecule is CC(C)(C)C1CCCCC(NC(=O)C(=N)c2cc(-c3cncc(NC(=O)C4CC4)c3)ccc2N)CC1. The Hall–Kier alpha value is -3.22. The van der Waals surface area contributed by atoms with E-state index < -0.39 is 0 Å². The molecule has 2 aliphatic carbocycles. The molecule has 2 atom stereocenters. The highest BCUT2D eigenvalue weighted by atomic mass is 16.2. The highest BCUT2D eigenvalue weighted by Crippen LogP contribution is 2.36. The van der Waals surface area contributed by atoms with Gasteiger partial charge < -0.3 is 16.4 Å². The zero-order valence-electron chi connectivity index (χ0n) is 21.7. The average Bonchev–Trinajstić information content (AvgIpc) is 3.66. The Balaban J connectivity index is 1.45. The summed E-state index contributed by atoms with van der Waals surface area (Å²) in [5, 5.41) is 14.6. The number of carbonyl (C=O) groups is 2. The molecule has 0 bridgehead atoms. The van der Waals surface area contributed by atoms with Gasteiger partial charge >= 0.3 is 0 Å². The molecule has 0 spiro atoms. The fraction of sp³-hybridized carbons (Fsp3) is 0.517. The molecule has 36 heavy (non-hydrogen) atoms. The summed E-state index contributed by atoms with van der Waals surface area (Å²) in [5.41, 5.74) is 9.31. The van der Waals surface area contributed by atoms with Crippen LogP contribution in [-0.4, -0.2) is 28.6 Å². The number of aromatic nitrogens is 1. The lowest BCUT2D eigenvalue weighted by Gasteiger charge is -2.34. The van der Waals surface area contributed by atoms with Gasteiger partial charge in [-0.3, -0.25) is 20.0 Å². The van der Waals surface area contributed by atoms with Crippen molar-refractivity contribution in [2.24, 2.45) is 17.3 Å². The summed E-state index contributed by atoms with van der Waals surface area (Å²) in [4.78, 5) is 29.5. The van der Waals surface area contributed by atoms with Crippen LogP contribution in [0.4, 0.5) is 11.4 Å². The molecule has 192 valence electrons. The molecule has 2 saturated carbocycles. The van der Waals surface area contributed by atoms with Crippen LogP contribution < -0.4 is 16.4 Å². The zero-order valence-corrected chi connectivity index (χ0v) is 21.7. The van der Waals surface area contributed by atoms with Crippen molar-refractivity contribution in [1.29, 1.82) is 5.41 Å². The number of carbonyl (C=O) groups excluding carboxylic acids is 2. The second-order valence-corrected chi connectivity index (χ2v) is 11.5.